The molecule has 3 nitrogen and oxygen atoms in total. The first-order valence-corrected chi connectivity index (χ1v) is 8.46. The minimum absolute atomic E-state index is 0.702. The zero-order chi connectivity index (χ0) is 11.2. The Bertz CT molecular complexity index is 153. The van der Waals surface area contributed by atoms with Crippen LogP contribution >= 0.6 is 0 Å². The van der Waals surface area contributed by atoms with Gasteiger partial charge in [0.25, 0.3) is 0 Å². The van der Waals surface area contributed by atoms with E-state index in [1.807, 2.05) is 7.11 Å². The summed E-state index contributed by atoms with van der Waals surface area (Å²) in [6.45, 7) is 9.68. The first-order valence-electron chi connectivity index (χ1n) is 5.35. The van der Waals surface area contributed by atoms with Crippen LogP contribution in [0.4, 0.5) is 0 Å². The Kier molecular flexibility index (Phi) is 6.60. The molecule has 1 atom stereocenters. The molecule has 0 aliphatic carbocycles. The standard InChI is InChI=1S/C10H26N2OSi/c1-10(8-12(2)7-6-11)9-14(4,5)13-3/h10H,6-9,11H2,1-5H3. The molecule has 0 aliphatic rings. The quantitative estimate of drug-likeness (QED) is 0.656. The predicted molar refractivity (Wildman–Crippen MR) is 65.0 cm³/mol. The SMILES string of the molecule is CO[Si](C)(C)CC(C)CN(C)CCN. The average molecular weight is 218 g/mol. The second kappa shape index (κ2) is 6.56. The molecule has 0 aromatic rings. The van der Waals surface area contributed by atoms with E-state index in [2.05, 4.69) is 32.0 Å². The molecule has 0 saturated heterocycles. The summed E-state index contributed by atoms with van der Waals surface area (Å²) < 4.78 is 5.55. The zero-order valence-electron chi connectivity index (χ0n) is 10.3. The fraction of sp³-hybridized carbons (Fsp3) is 1.00. The van der Waals surface area contributed by atoms with Gasteiger partial charge >= 0.3 is 0 Å². The van der Waals surface area contributed by atoms with E-state index in [1.54, 1.807) is 0 Å². The van der Waals surface area contributed by atoms with Crippen LogP contribution in [0.15, 0.2) is 0 Å². The van der Waals surface area contributed by atoms with Gasteiger partial charge in [-0.05, 0) is 32.1 Å². The molecule has 0 aromatic carbocycles. The van der Waals surface area contributed by atoms with Crippen molar-refractivity contribution in [3.8, 4) is 0 Å². The van der Waals surface area contributed by atoms with Crippen LogP contribution < -0.4 is 5.73 Å². The van der Waals surface area contributed by atoms with E-state index >= 15 is 0 Å². The largest absolute Gasteiger partial charge is 0.420 e. The van der Waals surface area contributed by atoms with E-state index in [0.29, 0.717) is 5.92 Å². The molecule has 0 aliphatic heterocycles. The average Bonchev–Trinajstić information content (AvgIpc) is 2.03. The van der Waals surface area contributed by atoms with Gasteiger partial charge in [-0.2, -0.15) is 0 Å². The van der Waals surface area contributed by atoms with Gasteiger partial charge < -0.3 is 15.1 Å². The number of nitrogens with zero attached hydrogens (tertiary/aromatic N) is 1. The van der Waals surface area contributed by atoms with Crippen LogP contribution in [0.3, 0.4) is 0 Å². The van der Waals surface area contributed by atoms with Crippen molar-refractivity contribution < 1.29 is 4.43 Å². The molecule has 0 aromatic heterocycles. The molecule has 2 N–H and O–H groups in total. The topological polar surface area (TPSA) is 38.5 Å². The Balaban J connectivity index is 3.79. The molecule has 1 unspecified atom stereocenters. The second-order valence-corrected chi connectivity index (χ2v) is 9.16. The molecule has 14 heavy (non-hydrogen) atoms. The van der Waals surface area contributed by atoms with Gasteiger partial charge in [-0.3, -0.25) is 0 Å². The van der Waals surface area contributed by atoms with Gasteiger partial charge in [-0.15, -0.1) is 0 Å². The van der Waals surface area contributed by atoms with Crippen molar-refractivity contribution in [1.82, 2.24) is 4.90 Å². The van der Waals surface area contributed by atoms with Crippen LogP contribution in [-0.4, -0.2) is 47.0 Å². The summed E-state index contributed by atoms with van der Waals surface area (Å²) in [5.41, 5.74) is 5.50. The minimum Gasteiger partial charge on any atom is -0.420 e. The maximum absolute atomic E-state index is 5.55. The lowest BCUT2D eigenvalue weighted by molar-refractivity contribution is 0.295. The smallest absolute Gasteiger partial charge is 0.186 e. The van der Waals surface area contributed by atoms with Crippen LogP contribution in [0.2, 0.25) is 19.1 Å². The van der Waals surface area contributed by atoms with Crippen molar-refractivity contribution >= 4 is 8.32 Å². The second-order valence-electron chi connectivity index (χ2n) is 4.82. The summed E-state index contributed by atoms with van der Waals surface area (Å²) in [6.07, 6.45) is 0. The normalized spacial score (nSPS) is 14.8. The minimum atomic E-state index is -1.39. The molecule has 0 rings (SSSR count). The lowest BCUT2D eigenvalue weighted by Gasteiger charge is -2.27. The zero-order valence-corrected chi connectivity index (χ0v) is 11.3. The number of likely N-dealkylation sites (N-methyl/N-ethyl adjacent to an activating group) is 1. The third-order valence-corrected chi connectivity index (χ3v) is 5.31. The lowest BCUT2D eigenvalue weighted by atomic mass is 10.2. The van der Waals surface area contributed by atoms with Crippen molar-refractivity contribution in [2.24, 2.45) is 11.7 Å². The molecule has 0 radical (unpaired) electrons. The molecule has 0 saturated carbocycles. The van der Waals surface area contributed by atoms with Crippen LogP contribution in [0.5, 0.6) is 0 Å². The Morgan fingerprint density at radius 1 is 1.43 bits per heavy atom. The monoisotopic (exact) mass is 218 g/mol. The van der Waals surface area contributed by atoms with Gasteiger partial charge in [0.2, 0.25) is 0 Å². The predicted octanol–water partition coefficient (Wildman–Crippen LogP) is 1.36. The van der Waals surface area contributed by atoms with Crippen molar-refractivity contribution in [3.63, 3.8) is 0 Å². The van der Waals surface area contributed by atoms with Gasteiger partial charge in [0.1, 0.15) is 0 Å². The van der Waals surface area contributed by atoms with Crippen LogP contribution in [-0.2, 0) is 4.43 Å². The summed E-state index contributed by atoms with van der Waals surface area (Å²) in [4.78, 5) is 2.30. The molecule has 0 fully saturated rings. The molecular formula is C10H26N2OSi. The summed E-state index contributed by atoms with van der Waals surface area (Å²) in [5.74, 6) is 0.702. The molecule has 4 heteroatoms. The number of nitrogens with two attached hydrogens (primary N) is 1. The highest BCUT2D eigenvalue weighted by molar-refractivity contribution is 6.71. The summed E-state index contributed by atoms with van der Waals surface area (Å²) in [7, 11) is 2.58. The van der Waals surface area contributed by atoms with Crippen molar-refractivity contribution in [3.05, 3.63) is 0 Å². The van der Waals surface area contributed by atoms with E-state index in [4.69, 9.17) is 10.2 Å². The van der Waals surface area contributed by atoms with Crippen LogP contribution in [0.1, 0.15) is 6.92 Å². The fourth-order valence-electron chi connectivity index (χ4n) is 1.83. The summed E-state index contributed by atoms with van der Waals surface area (Å²) in [5, 5.41) is 0. The van der Waals surface area contributed by atoms with Gasteiger partial charge in [0, 0.05) is 26.7 Å². The first-order chi connectivity index (χ1) is 6.41. The Morgan fingerprint density at radius 3 is 2.43 bits per heavy atom. The van der Waals surface area contributed by atoms with E-state index in [9.17, 15) is 0 Å². The van der Waals surface area contributed by atoms with Crippen LogP contribution in [0, 0.1) is 5.92 Å². The van der Waals surface area contributed by atoms with Gasteiger partial charge in [-0.25, -0.2) is 0 Å². The van der Waals surface area contributed by atoms with Gasteiger partial charge in [0.05, 0.1) is 0 Å². The molecule has 0 amide bonds. The Morgan fingerprint density at radius 2 is 2.00 bits per heavy atom. The van der Waals surface area contributed by atoms with Crippen LogP contribution in [0.25, 0.3) is 0 Å². The maximum atomic E-state index is 5.55. The van der Waals surface area contributed by atoms with E-state index < -0.39 is 8.32 Å². The Hall–Kier alpha value is 0.0969. The van der Waals surface area contributed by atoms with E-state index in [-0.39, 0.29) is 0 Å². The van der Waals surface area contributed by atoms with Gasteiger partial charge in [-0.1, -0.05) is 6.92 Å². The highest BCUT2D eigenvalue weighted by Gasteiger charge is 2.23. The molecule has 86 valence electrons. The molecule has 0 bridgehead atoms. The summed E-state index contributed by atoms with van der Waals surface area (Å²) >= 11 is 0. The third kappa shape index (κ3) is 6.54. The highest BCUT2D eigenvalue weighted by Crippen LogP contribution is 2.17. The Labute approximate surface area is 89.7 Å². The highest BCUT2D eigenvalue weighted by atomic mass is 28.4. The maximum Gasteiger partial charge on any atom is 0.186 e. The number of hydrogen-bond donors (Lipinski definition) is 1. The molecule has 0 spiro atoms. The van der Waals surface area contributed by atoms with Crippen molar-refractivity contribution in [2.45, 2.75) is 26.1 Å². The van der Waals surface area contributed by atoms with E-state index in [0.717, 1.165) is 19.6 Å². The van der Waals surface area contributed by atoms with Crippen molar-refractivity contribution in [2.75, 3.05) is 33.8 Å². The van der Waals surface area contributed by atoms with Crippen molar-refractivity contribution in [1.29, 1.82) is 0 Å². The molecule has 0 heterocycles. The lowest BCUT2D eigenvalue weighted by Crippen LogP contribution is -2.35. The number of hydrogen-bond acceptors (Lipinski definition) is 3. The fourth-order valence-corrected chi connectivity index (χ4v) is 3.80. The third-order valence-electron chi connectivity index (χ3n) is 2.53. The number of rotatable bonds is 7. The van der Waals surface area contributed by atoms with Gasteiger partial charge in [0.15, 0.2) is 8.32 Å². The summed E-state index contributed by atoms with van der Waals surface area (Å²) in [6, 6.07) is 1.22. The molecular weight excluding hydrogens is 192 g/mol. The van der Waals surface area contributed by atoms with E-state index in [1.165, 1.54) is 6.04 Å². The first kappa shape index (κ1) is 14.1.